The minimum absolute atomic E-state index is 0.110. The fourth-order valence-corrected chi connectivity index (χ4v) is 1.61. The van der Waals surface area contributed by atoms with E-state index in [1.165, 1.54) is 6.07 Å². The molecule has 5 nitrogen and oxygen atoms in total. The van der Waals surface area contributed by atoms with Gasteiger partial charge >= 0.3 is 5.97 Å². The van der Waals surface area contributed by atoms with Crippen molar-refractivity contribution in [3.05, 3.63) is 29.3 Å². The zero-order valence-corrected chi connectivity index (χ0v) is 9.40. The van der Waals surface area contributed by atoms with Crippen LogP contribution in [0.2, 0.25) is 5.02 Å². The first-order chi connectivity index (χ1) is 8.06. The van der Waals surface area contributed by atoms with Gasteiger partial charge in [0, 0.05) is 10.4 Å². The number of carbonyl (C=O) groups is 1. The van der Waals surface area contributed by atoms with Crippen molar-refractivity contribution in [1.29, 1.82) is 0 Å². The van der Waals surface area contributed by atoms with Gasteiger partial charge in [-0.05, 0) is 24.3 Å². The number of halogens is 1. The van der Waals surface area contributed by atoms with Crippen molar-refractivity contribution in [2.24, 2.45) is 0 Å². The molecular formula is C11H9ClN2O3. The highest BCUT2D eigenvalue weighted by molar-refractivity contribution is 6.31. The van der Waals surface area contributed by atoms with Crippen molar-refractivity contribution in [1.82, 2.24) is 4.98 Å². The van der Waals surface area contributed by atoms with Crippen LogP contribution in [0, 0.1) is 0 Å². The average Bonchev–Trinajstić information content (AvgIpc) is 2.26. The second kappa shape index (κ2) is 4.47. The molecule has 0 fully saturated rings. The third-order valence-electron chi connectivity index (χ3n) is 2.16. The van der Waals surface area contributed by atoms with Gasteiger partial charge in [-0.3, -0.25) is 4.79 Å². The van der Waals surface area contributed by atoms with Crippen LogP contribution in [0.5, 0.6) is 5.75 Å². The number of hydrogen-bond donors (Lipinski definition) is 3. The molecule has 0 aliphatic carbocycles. The Bertz CT molecular complexity index is 586. The minimum Gasteiger partial charge on any atom is -0.504 e. The Morgan fingerprint density at radius 2 is 2.18 bits per heavy atom. The van der Waals surface area contributed by atoms with Crippen molar-refractivity contribution in [2.45, 2.75) is 0 Å². The summed E-state index contributed by atoms with van der Waals surface area (Å²) in [6.07, 6.45) is 0. The highest BCUT2D eigenvalue weighted by atomic mass is 35.5. The maximum atomic E-state index is 10.4. The summed E-state index contributed by atoms with van der Waals surface area (Å²) in [5.74, 6) is -0.995. The molecule has 0 spiro atoms. The molecule has 1 aromatic heterocycles. The van der Waals surface area contributed by atoms with Gasteiger partial charge in [0.15, 0.2) is 11.6 Å². The van der Waals surface area contributed by atoms with Crippen LogP contribution >= 0.6 is 11.6 Å². The van der Waals surface area contributed by atoms with E-state index in [0.29, 0.717) is 15.9 Å². The summed E-state index contributed by atoms with van der Waals surface area (Å²) in [6.45, 7) is -0.306. The number of carboxylic acid groups (broad SMARTS) is 1. The number of rotatable bonds is 3. The second-order valence-electron chi connectivity index (χ2n) is 3.44. The molecule has 0 radical (unpaired) electrons. The Labute approximate surface area is 102 Å². The second-order valence-corrected chi connectivity index (χ2v) is 3.88. The van der Waals surface area contributed by atoms with Crippen molar-refractivity contribution >= 4 is 34.3 Å². The van der Waals surface area contributed by atoms with Crippen LogP contribution in [0.3, 0.4) is 0 Å². The van der Waals surface area contributed by atoms with Gasteiger partial charge in [0.1, 0.15) is 6.54 Å². The normalized spacial score (nSPS) is 10.4. The first-order valence-electron chi connectivity index (χ1n) is 4.81. The van der Waals surface area contributed by atoms with Crippen molar-refractivity contribution in [2.75, 3.05) is 11.9 Å². The van der Waals surface area contributed by atoms with Gasteiger partial charge in [0.25, 0.3) is 0 Å². The van der Waals surface area contributed by atoms with Gasteiger partial charge in [-0.15, -0.1) is 0 Å². The molecule has 0 saturated carbocycles. The third kappa shape index (κ3) is 2.57. The van der Waals surface area contributed by atoms with Crippen molar-refractivity contribution in [3.8, 4) is 5.75 Å². The van der Waals surface area contributed by atoms with Crippen molar-refractivity contribution in [3.63, 3.8) is 0 Å². The van der Waals surface area contributed by atoms with E-state index in [1.54, 1.807) is 18.2 Å². The van der Waals surface area contributed by atoms with Gasteiger partial charge in [-0.1, -0.05) is 11.6 Å². The summed E-state index contributed by atoms with van der Waals surface area (Å²) in [5, 5.41) is 21.9. The van der Waals surface area contributed by atoms with Crippen LogP contribution in [0.1, 0.15) is 0 Å². The van der Waals surface area contributed by atoms with E-state index in [0.717, 1.165) is 0 Å². The molecule has 1 aromatic carbocycles. The van der Waals surface area contributed by atoms with Crippen LogP contribution < -0.4 is 5.32 Å². The summed E-state index contributed by atoms with van der Waals surface area (Å²) >= 11 is 5.81. The molecule has 3 N–H and O–H groups in total. The summed E-state index contributed by atoms with van der Waals surface area (Å²) in [4.78, 5) is 14.5. The quantitative estimate of drug-likeness (QED) is 0.779. The maximum absolute atomic E-state index is 10.4. The number of nitrogens with zero attached hydrogens (tertiary/aromatic N) is 1. The third-order valence-corrected chi connectivity index (χ3v) is 2.40. The summed E-state index contributed by atoms with van der Waals surface area (Å²) in [6, 6.07) is 6.53. The van der Waals surface area contributed by atoms with Gasteiger partial charge in [-0.25, -0.2) is 4.98 Å². The molecule has 6 heteroatoms. The molecule has 0 aliphatic heterocycles. The molecule has 2 aromatic rings. The Morgan fingerprint density at radius 1 is 1.41 bits per heavy atom. The summed E-state index contributed by atoms with van der Waals surface area (Å²) in [5.41, 5.74) is 0.625. The van der Waals surface area contributed by atoms with Crippen LogP contribution in [0.4, 0.5) is 5.82 Å². The molecule has 0 bridgehead atoms. The molecule has 17 heavy (non-hydrogen) atoms. The average molecular weight is 253 g/mol. The largest absolute Gasteiger partial charge is 0.504 e. The molecule has 0 saturated heterocycles. The number of benzene rings is 1. The van der Waals surface area contributed by atoms with Crippen LogP contribution in [-0.4, -0.2) is 27.7 Å². The maximum Gasteiger partial charge on any atom is 0.322 e. The van der Waals surface area contributed by atoms with Gasteiger partial charge in [0.2, 0.25) is 0 Å². The fourth-order valence-electron chi connectivity index (χ4n) is 1.43. The molecule has 0 aliphatic rings. The number of nitrogens with one attached hydrogen (secondary N) is 1. The SMILES string of the molecule is O=C(O)CNc1nc2ccc(Cl)cc2cc1O. The number of pyridine rings is 1. The lowest BCUT2D eigenvalue weighted by molar-refractivity contribution is -0.134. The Hall–Kier alpha value is -2.01. The smallest absolute Gasteiger partial charge is 0.322 e. The zero-order chi connectivity index (χ0) is 12.4. The molecule has 0 atom stereocenters. The van der Waals surface area contributed by atoms with Crippen LogP contribution in [0.25, 0.3) is 10.9 Å². The zero-order valence-electron chi connectivity index (χ0n) is 8.64. The molecule has 0 amide bonds. The Kier molecular flexibility index (Phi) is 3.01. The van der Waals surface area contributed by atoms with Gasteiger partial charge in [-0.2, -0.15) is 0 Å². The molecular weight excluding hydrogens is 244 g/mol. The van der Waals surface area contributed by atoms with E-state index < -0.39 is 5.97 Å². The van der Waals surface area contributed by atoms with Crippen LogP contribution in [-0.2, 0) is 4.79 Å². The van der Waals surface area contributed by atoms with Crippen LogP contribution in [0.15, 0.2) is 24.3 Å². The molecule has 88 valence electrons. The van der Waals surface area contributed by atoms with Gasteiger partial charge in [0.05, 0.1) is 5.52 Å². The summed E-state index contributed by atoms with van der Waals surface area (Å²) < 4.78 is 0. The Balaban J connectivity index is 2.41. The van der Waals surface area contributed by atoms with E-state index in [2.05, 4.69) is 10.3 Å². The highest BCUT2D eigenvalue weighted by Gasteiger charge is 2.07. The minimum atomic E-state index is -1.03. The first kappa shape index (κ1) is 11.5. The van der Waals surface area contributed by atoms with E-state index in [-0.39, 0.29) is 18.1 Å². The fraction of sp³-hybridized carbons (Fsp3) is 0.0909. The lowest BCUT2D eigenvalue weighted by atomic mass is 10.2. The number of carboxylic acids is 1. The van der Waals surface area contributed by atoms with E-state index in [4.69, 9.17) is 16.7 Å². The number of aromatic hydroxyl groups is 1. The number of aliphatic carboxylic acids is 1. The predicted molar refractivity (Wildman–Crippen MR) is 64.5 cm³/mol. The number of aromatic nitrogens is 1. The van der Waals surface area contributed by atoms with E-state index in [9.17, 15) is 9.90 Å². The first-order valence-corrected chi connectivity index (χ1v) is 5.19. The van der Waals surface area contributed by atoms with Gasteiger partial charge < -0.3 is 15.5 Å². The van der Waals surface area contributed by atoms with E-state index in [1.807, 2.05) is 0 Å². The lowest BCUT2D eigenvalue weighted by Crippen LogP contribution is -2.13. The lowest BCUT2D eigenvalue weighted by Gasteiger charge is -2.07. The predicted octanol–water partition coefficient (Wildman–Crippen LogP) is 2.09. The standard InChI is InChI=1S/C11H9ClN2O3/c12-7-1-2-8-6(3-7)4-9(15)11(14-8)13-5-10(16)17/h1-4,15H,5H2,(H,13,14)(H,16,17). The summed E-state index contributed by atoms with van der Waals surface area (Å²) in [7, 11) is 0. The topological polar surface area (TPSA) is 82.5 Å². The van der Waals surface area contributed by atoms with E-state index >= 15 is 0 Å². The number of fused-ring (bicyclic) bond motifs is 1. The number of anilines is 1. The monoisotopic (exact) mass is 252 g/mol. The highest BCUT2D eigenvalue weighted by Crippen LogP contribution is 2.27. The Morgan fingerprint density at radius 3 is 2.88 bits per heavy atom. The molecule has 2 rings (SSSR count). The molecule has 1 heterocycles. The molecule has 0 unspecified atom stereocenters. The number of hydrogen-bond acceptors (Lipinski definition) is 4. The van der Waals surface area contributed by atoms with Crippen molar-refractivity contribution < 1.29 is 15.0 Å².